The second-order valence-corrected chi connectivity index (χ2v) is 5.72. The normalized spacial score (nSPS) is 29.5. The Labute approximate surface area is 105 Å². The Hall–Kier alpha value is -0.830. The molecular weight excluding hydrogens is 210 g/mol. The van der Waals surface area contributed by atoms with Gasteiger partial charge in [-0.15, -0.1) is 0 Å². The zero-order valence-electron chi connectivity index (χ0n) is 11.3. The van der Waals surface area contributed by atoms with Crippen LogP contribution in [0.25, 0.3) is 0 Å². The summed E-state index contributed by atoms with van der Waals surface area (Å²) in [6, 6.07) is 0. The molecule has 1 aromatic heterocycles. The van der Waals surface area contributed by atoms with Crippen molar-refractivity contribution in [1.29, 1.82) is 0 Å². The standard InChI is InChI=1S/C14H25N3/c1-11-4-5-13(9-15-2)14(6-11)7-12-8-16-17(3)10-12/h8,10-11,13-15H,4-7,9H2,1-3H3. The summed E-state index contributed by atoms with van der Waals surface area (Å²) in [4.78, 5) is 0. The van der Waals surface area contributed by atoms with E-state index in [1.807, 2.05) is 17.9 Å². The van der Waals surface area contributed by atoms with Gasteiger partial charge in [0.2, 0.25) is 0 Å². The number of hydrogen-bond donors (Lipinski definition) is 1. The summed E-state index contributed by atoms with van der Waals surface area (Å²) < 4.78 is 1.91. The molecule has 0 aliphatic heterocycles. The summed E-state index contributed by atoms with van der Waals surface area (Å²) in [5.41, 5.74) is 1.40. The molecule has 0 aromatic carbocycles. The first-order chi connectivity index (χ1) is 8.19. The Kier molecular flexibility index (Phi) is 4.21. The van der Waals surface area contributed by atoms with Crippen molar-refractivity contribution in [2.45, 2.75) is 32.6 Å². The number of aryl methyl sites for hydroxylation is 1. The van der Waals surface area contributed by atoms with Gasteiger partial charge < -0.3 is 5.32 Å². The van der Waals surface area contributed by atoms with E-state index in [1.165, 1.54) is 31.2 Å². The van der Waals surface area contributed by atoms with E-state index in [0.29, 0.717) is 0 Å². The molecule has 1 aliphatic rings. The fourth-order valence-corrected chi connectivity index (χ4v) is 3.22. The zero-order valence-corrected chi connectivity index (χ0v) is 11.3. The van der Waals surface area contributed by atoms with Gasteiger partial charge >= 0.3 is 0 Å². The molecule has 17 heavy (non-hydrogen) atoms. The molecule has 1 fully saturated rings. The Morgan fingerprint density at radius 2 is 2.24 bits per heavy atom. The zero-order chi connectivity index (χ0) is 12.3. The summed E-state index contributed by atoms with van der Waals surface area (Å²) in [7, 11) is 4.07. The monoisotopic (exact) mass is 235 g/mol. The van der Waals surface area contributed by atoms with Gasteiger partial charge in [0.05, 0.1) is 6.20 Å². The lowest BCUT2D eigenvalue weighted by Gasteiger charge is -2.34. The van der Waals surface area contributed by atoms with Crippen LogP contribution in [0.4, 0.5) is 0 Å². The van der Waals surface area contributed by atoms with E-state index in [9.17, 15) is 0 Å². The van der Waals surface area contributed by atoms with E-state index >= 15 is 0 Å². The van der Waals surface area contributed by atoms with E-state index in [-0.39, 0.29) is 0 Å². The maximum absolute atomic E-state index is 4.27. The van der Waals surface area contributed by atoms with Gasteiger partial charge in [-0.3, -0.25) is 4.68 Å². The lowest BCUT2D eigenvalue weighted by molar-refractivity contribution is 0.186. The predicted octanol–water partition coefficient (Wildman–Crippen LogP) is 2.23. The molecule has 1 saturated carbocycles. The summed E-state index contributed by atoms with van der Waals surface area (Å²) in [5.74, 6) is 2.57. The number of nitrogens with one attached hydrogen (secondary N) is 1. The molecule has 3 heteroatoms. The largest absolute Gasteiger partial charge is 0.319 e. The number of rotatable bonds is 4. The van der Waals surface area contributed by atoms with E-state index < -0.39 is 0 Å². The fourth-order valence-electron chi connectivity index (χ4n) is 3.22. The minimum Gasteiger partial charge on any atom is -0.319 e. The Morgan fingerprint density at radius 1 is 1.41 bits per heavy atom. The number of aromatic nitrogens is 2. The highest BCUT2D eigenvalue weighted by atomic mass is 15.2. The number of nitrogens with zero attached hydrogens (tertiary/aromatic N) is 2. The SMILES string of the molecule is CNCC1CCC(C)CC1Cc1cnn(C)c1. The first kappa shape index (κ1) is 12.6. The topological polar surface area (TPSA) is 29.9 Å². The molecule has 0 bridgehead atoms. The highest BCUT2D eigenvalue weighted by Gasteiger charge is 2.28. The van der Waals surface area contributed by atoms with Gasteiger partial charge in [-0.25, -0.2) is 0 Å². The molecule has 1 aliphatic carbocycles. The molecular formula is C14H25N3. The van der Waals surface area contributed by atoms with Crippen molar-refractivity contribution in [1.82, 2.24) is 15.1 Å². The lowest BCUT2D eigenvalue weighted by Crippen LogP contribution is -2.32. The third-order valence-electron chi connectivity index (χ3n) is 4.12. The lowest BCUT2D eigenvalue weighted by atomic mass is 9.72. The van der Waals surface area contributed by atoms with E-state index in [0.717, 1.165) is 24.3 Å². The van der Waals surface area contributed by atoms with Crippen LogP contribution in [0, 0.1) is 17.8 Å². The molecule has 1 N–H and O–H groups in total. The van der Waals surface area contributed by atoms with Gasteiger partial charge in [0.1, 0.15) is 0 Å². The second-order valence-electron chi connectivity index (χ2n) is 5.72. The molecule has 0 amide bonds. The van der Waals surface area contributed by atoms with Crippen molar-refractivity contribution in [3.05, 3.63) is 18.0 Å². The van der Waals surface area contributed by atoms with Crippen molar-refractivity contribution in [3.63, 3.8) is 0 Å². The van der Waals surface area contributed by atoms with Crippen LogP contribution in [0.5, 0.6) is 0 Å². The summed E-state index contributed by atoms with van der Waals surface area (Å²) >= 11 is 0. The van der Waals surface area contributed by atoms with Crippen molar-refractivity contribution < 1.29 is 0 Å². The Balaban J connectivity index is 1.99. The molecule has 3 atom stereocenters. The van der Waals surface area contributed by atoms with E-state index in [1.54, 1.807) is 0 Å². The Morgan fingerprint density at radius 3 is 2.88 bits per heavy atom. The maximum Gasteiger partial charge on any atom is 0.0521 e. The molecule has 0 radical (unpaired) electrons. The molecule has 3 unspecified atom stereocenters. The van der Waals surface area contributed by atoms with Crippen molar-refractivity contribution in [2.24, 2.45) is 24.8 Å². The van der Waals surface area contributed by atoms with E-state index in [2.05, 4.69) is 30.6 Å². The van der Waals surface area contributed by atoms with Crippen molar-refractivity contribution >= 4 is 0 Å². The van der Waals surface area contributed by atoms with Crippen LogP contribution in [0.1, 0.15) is 31.7 Å². The van der Waals surface area contributed by atoms with Crippen LogP contribution in [-0.2, 0) is 13.5 Å². The average molecular weight is 235 g/mol. The van der Waals surface area contributed by atoms with Crippen molar-refractivity contribution in [2.75, 3.05) is 13.6 Å². The minimum absolute atomic E-state index is 0.829. The van der Waals surface area contributed by atoms with Crippen LogP contribution in [0.2, 0.25) is 0 Å². The fraction of sp³-hybridized carbons (Fsp3) is 0.786. The van der Waals surface area contributed by atoms with E-state index in [4.69, 9.17) is 0 Å². The van der Waals surface area contributed by atoms with Gasteiger partial charge in [0.25, 0.3) is 0 Å². The van der Waals surface area contributed by atoms with Gasteiger partial charge in [0, 0.05) is 13.2 Å². The van der Waals surface area contributed by atoms with Crippen LogP contribution in [0.3, 0.4) is 0 Å². The van der Waals surface area contributed by atoms with Gasteiger partial charge in [0.15, 0.2) is 0 Å². The third kappa shape index (κ3) is 3.32. The van der Waals surface area contributed by atoms with Crippen LogP contribution < -0.4 is 5.32 Å². The van der Waals surface area contributed by atoms with Gasteiger partial charge in [-0.05, 0) is 56.2 Å². The quantitative estimate of drug-likeness (QED) is 0.867. The first-order valence-corrected chi connectivity index (χ1v) is 6.81. The Bertz CT molecular complexity index is 345. The third-order valence-corrected chi connectivity index (χ3v) is 4.12. The highest BCUT2D eigenvalue weighted by molar-refractivity contribution is 5.05. The molecule has 96 valence electrons. The summed E-state index contributed by atoms with van der Waals surface area (Å²) in [5, 5.41) is 7.63. The summed E-state index contributed by atoms with van der Waals surface area (Å²) in [6.07, 6.45) is 9.54. The molecule has 0 saturated heterocycles. The predicted molar refractivity (Wildman–Crippen MR) is 70.8 cm³/mol. The molecule has 0 spiro atoms. The van der Waals surface area contributed by atoms with Crippen LogP contribution in [0.15, 0.2) is 12.4 Å². The highest BCUT2D eigenvalue weighted by Crippen LogP contribution is 2.35. The minimum atomic E-state index is 0.829. The van der Waals surface area contributed by atoms with Crippen molar-refractivity contribution in [3.8, 4) is 0 Å². The summed E-state index contributed by atoms with van der Waals surface area (Å²) in [6.45, 7) is 3.56. The maximum atomic E-state index is 4.27. The molecule has 1 aromatic rings. The van der Waals surface area contributed by atoms with Crippen LogP contribution >= 0.6 is 0 Å². The molecule has 3 nitrogen and oxygen atoms in total. The first-order valence-electron chi connectivity index (χ1n) is 6.81. The number of hydrogen-bond acceptors (Lipinski definition) is 2. The molecule has 1 heterocycles. The molecule has 2 rings (SSSR count). The average Bonchev–Trinajstić information content (AvgIpc) is 2.68. The van der Waals surface area contributed by atoms with Crippen LogP contribution in [-0.4, -0.2) is 23.4 Å². The smallest absolute Gasteiger partial charge is 0.0521 e. The van der Waals surface area contributed by atoms with Gasteiger partial charge in [-0.1, -0.05) is 13.3 Å². The second kappa shape index (κ2) is 5.67. The van der Waals surface area contributed by atoms with Gasteiger partial charge in [-0.2, -0.15) is 5.10 Å².